The number of piperidine rings is 1. The number of carbonyl (C=O) groups excluding carboxylic acids is 1. The van der Waals surface area contributed by atoms with E-state index in [2.05, 4.69) is 15.5 Å². The first-order chi connectivity index (χ1) is 15.5. The Balaban J connectivity index is 1.23. The average molecular weight is 458 g/mol. The second-order valence-corrected chi connectivity index (χ2v) is 9.57. The van der Waals surface area contributed by atoms with Crippen molar-refractivity contribution < 1.29 is 27.1 Å². The molecular weight excluding hydrogens is 436 g/mol. The average Bonchev–Trinajstić information content (AvgIpc) is 3.58. The van der Waals surface area contributed by atoms with Gasteiger partial charge in [0.25, 0.3) is 10.0 Å². The molecule has 0 radical (unpaired) electrons. The predicted octanol–water partition coefficient (Wildman–Crippen LogP) is 2.12. The number of hydrogen-bond acceptors (Lipinski definition) is 7. The van der Waals surface area contributed by atoms with E-state index in [9.17, 15) is 13.2 Å². The van der Waals surface area contributed by atoms with Crippen LogP contribution in [0.5, 0.6) is 11.5 Å². The third-order valence-corrected chi connectivity index (χ3v) is 7.34. The van der Waals surface area contributed by atoms with E-state index in [0.717, 1.165) is 5.56 Å². The van der Waals surface area contributed by atoms with Crippen molar-refractivity contribution in [1.29, 1.82) is 0 Å². The van der Waals surface area contributed by atoms with Gasteiger partial charge in [-0.3, -0.25) is 9.89 Å². The maximum atomic E-state index is 13.1. The Morgan fingerprint density at radius 3 is 2.91 bits per heavy atom. The largest absolute Gasteiger partial charge is 0.454 e. The fourth-order valence-electron chi connectivity index (χ4n) is 3.88. The smallest absolute Gasteiger partial charge is 0.276 e. The van der Waals surface area contributed by atoms with Crippen molar-refractivity contribution >= 4 is 15.9 Å². The Morgan fingerprint density at radius 2 is 2.06 bits per heavy atom. The molecule has 1 fully saturated rings. The molecule has 1 saturated heterocycles. The molecule has 1 atom stereocenters. The number of sulfonamides is 1. The Hall–Kier alpha value is -3.31. The van der Waals surface area contributed by atoms with Crippen molar-refractivity contribution in [2.75, 3.05) is 19.9 Å². The van der Waals surface area contributed by atoms with Crippen molar-refractivity contribution in [3.8, 4) is 23.0 Å². The summed E-state index contributed by atoms with van der Waals surface area (Å²) in [5.74, 6) is 1.10. The van der Waals surface area contributed by atoms with E-state index in [1.165, 1.54) is 10.4 Å². The molecule has 2 aromatic heterocycles. The fraction of sp³-hybridized carbons (Fsp3) is 0.333. The summed E-state index contributed by atoms with van der Waals surface area (Å²) >= 11 is 0. The molecule has 168 valence electrons. The predicted molar refractivity (Wildman–Crippen MR) is 112 cm³/mol. The van der Waals surface area contributed by atoms with Gasteiger partial charge < -0.3 is 19.2 Å². The zero-order valence-corrected chi connectivity index (χ0v) is 17.9. The highest BCUT2D eigenvalue weighted by molar-refractivity contribution is 7.89. The lowest BCUT2D eigenvalue weighted by molar-refractivity contribution is -0.126. The van der Waals surface area contributed by atoms with Crippen molar-refractivity contribution in [2.45, 2.75) is 24.5 Å². The summed E-state index contributed by atoms with van der Waals surface area (Å²) in [4.78, 5) is 12.8. The Labute approximate surface area is 184 Å². The van der Waals surface area contributed by atoms with Crippen LogP contribution in [0.2, 0.25) is 0 Å². The normalized spacial score (nSPS) is 18.6. The van der Waals surface area contributed by atoms with Crippen LogP contribution in [0, 0.1) is 5.92 Å². The molecule has 0 aliphatic carbocycles. The number of carbonyl (C=O) groups is 1. The molecule has 10 nitrogen and oxygen atoms in total. The highest BCUT2D eigenvalue weighted by Crippen LogP contribution is 2.32. The number of aromatic nitrogens is 2. The number of rotatable bonds is 6. The lowest BCUT2D eigenvalue weighted by Gasteiger charge is -2.30. The third kappa shape index (κ3) is 3.96. The Bertz CT molecular complexity index is 1220. The number of fused-ring (bicyclic) bond motifs is 1. The van der Waals surface area contributed by atoms with Crippen LogP contribution in [0.4, 0.5) is 0 Å². The number of benzene rings is 1. The quantitative estimate of drug-likeness (QED) is 0.579. The SMILES string of the molecule is O=C(NCc1ccc2c(c1)OCO2)[C@@H]1CCCN(S(=O)(=O)c2ccc(-c3ccn[nH]3)o2)C1. The number of nitrogens with one attached hydrogen (secondary N) is 2. The van der Waals surface area contributed by atoms with Crippen molar-refractivity contribution in [3.63, 3.8) is 0 Å². The van der Waals surface area contributed by atoms with E-state index < -0.39 is 15.9 Å². The third-order valence-electron chi connectivity index (χ3n) is 5.60. The molecule has 1 aromatic carbocycles. The summed E-state index contributed by atoms with van der Waals surface area (Å²) in [7, 11) is -3.85. The van der Waals surface area contributed by atoms with Gasteiger partial charge in [0.05, 0.1) is 5.92 Å². The highest BCUT2D eigenvalue weighted by Gasteiger charge is 2.35. The molecular formula is C21H22N4O6S. The van der Waals surface area contributed by atoms with Crippen LogP contribution in [-0.4, -0.2) is 48.7 Å². The van der Waals surface area contributed by atoms with E-state index in [0.29, 0.717) is 48.9 Å². The van der Waals surface area contributed by atoms with Crippen LogP contribution >= 0.6 is 0 Å². The van der Waals surface area contributed by atoms with E-state index in [-0.39, 0.29) is 24.3 Å². The van der Waals surface area contributed by atoms with Crippen LogP contribution in [-0.2, 0) is 21.4 Å². The van der Waals surface area contributed by atoms with Gasteiger partial charge in [0.1, 0.15) is 5.69 Å². The van der Waals surface area contributed by atoms with Gasteiger partial charge in [-0.15, -0.1) is 0 Å². The van der Waals surface area contributed by atoms with Gasteiger partial charge in [0, 0.05) is 25.8 Å². The summed E-state index contributed by atoms with van der Waals surface area (Å²) < 4.78 is 43.7. The summed E-state index contributed by atoms with van der Waals surface area (Å²) in [6.45, 7) is 0.963. The fourth-order valence-corrected chi connectivity index (χ4v) is 5.32. The van der Waals surface area contributed by atoms with E-state index in [1.54, 1.807) is 24.4 Å². The molecule has 32 heavy (non-hydrogen) atoms. The standard InChI is InChI=1S/C21H22N4O6S/c26-21(22-11-14-3-4-18-19(10-14)30-13-29-18)15-2-1-9-25(12-15)32(27,28)20-6-5-17(31-20)16-7-8-23-24-16/h3-8,10,15H,1-2,9,11-13H2,(H,22,26)(H,23,24)/t15-/m1/s1. The van der Waals surface area contributed by atoms with Gasteiger partial charge in [-0.25, -0.2) is 8.42 Å². The second kappa shape index (κ2) is 8.32. The summed E-state index contributed by atoms with van der Waals surface area (Å²) in [5.41, 5.74) is 1.47. The number of nitrogens with zero attached hydrogens (tertiary/aromatic N) is 2. The number of ether oxygens (including phenoxy) is 2. The van der Waals surface area contributed by atoms with Gasteiger partial charge >= 0.3 is 0 Å². The lowest BCUT2D eigenvalue weighted by atomic mass is 9.98. The van der Waals surface area contributed by atoms with E-state index in [1.807, 2.05) is 12.1 Å². The molecule has 0 saturated carbocycles. The van der Waals surface area contributed by atoms with E-state index >= 15 is 0 Å². The first-order valence-corrected chi connectivity index (χ1v) is 11.7. The zero-order valence-electron chi connectivity index (χ0n) is 17.1. The van der Waals surface area contributed by atoms with Gasteiger partial charge in [0.15, 0.2) is 17.3 Å². The summed E-state index contributed by atoms with van der Waals surface area (Å²) in [5, 5.41) is 9.34. The minimum atomic E-state index is -3.85. The molecule has 1 amide bonds. The van der Waals surface area contributed by atoms with Gasteiger partial charge in [-0.05, 0) is 48.7 Å². The molecule has 2 aliphatic rings. The van der Waals surface area contributed by atoms with Crippen LogP contribution in [0.1, 0.15) is 18.4 Å². The number of aromatic amines is 1. The van der Waals surface area contributed by atoms with Crippen LogP contribution < -0.4 is 14.8 Å². The molecule has 3 aromatic rings. The van der Waals surface area contributed by atoms with Crippen LogP contribution in [0.3, 0.4) is 0 Å². The minimum absolute atomic E-state index is 0.107. The van der Waals surface area contributed by atoms with E-state index in [4.69, 9.17) is 13.9 Å². The summed E-state index contributed by atoms with van der Waals surface area (Å²) in [6.07, 6.45) is 2.77. The monoisotopic (exact) mass is 458 g/mol. The molecule has 5 rings (SSSR count). The highest BCUT2D eigenvalue weighted by atomic mass is 32.2. The number of amides is 1. The molecule has 0 bridgehead atoms. The second-order valence-electron chi connectivity index (χ2n) is 7.70. The first-order valence-electron chi connectivity index (χ1n) is 10.3. The van der Waals surface area contributed by atoms with Gasteiger partial charge in [0.2, 0.25) is 17.8 Å². The first kappa shape index (κ1) is 20.6. The lowest BCUT2D eigenvalue weighted by Crippen LogP contribution is -2.45. The Kier molecular flexibility index (Phi) is 5.35. The summed E-state index contributed by atoms with van der Waals surface area (Å²) in [6, 6.07) is 10.2. The molecule has 0 spiro atoms. The molecule has 2 N–H and O–H groups in total. The maximum Gasteiger partial charge on any atom is 0.276 e. The van der Waals surface area contributed by atoms with Gasteiger partial charge in [-0.2, -0.15) is 9.40 Å². The number of hydrogen-bond donors (Lipinski definition) is 2. The molecule has 2 aliphatic heterocycles. The molecule has 4 heterocycles. The van der Waals surface area contributed by atoms with Crippen molar-refractivity contribution in [1.82, 2.24) is 19.8 Å². The van der Waals surface area contributed by atoms with Crippen molar-refractivity contribution in [2.24, 2.45) is 5.92 Å². The minimum Gasteiger partial charge on any atom is -0.454 e. The van der Waals surface area contributed by atoms with Crippen molar-refractivity contribution in [3.05, 3.63) is 48.2 Å². The molecule has 0 unspecified atom stereocenters. The maximum absolute atomic E-state index is 13.1. The van der Waals surface area contributed by atoms with Gasteiger partial charge in [-0.1, -0.05) is 6.07 Å². The zero-order chi connectivity index (χ0) is 22.1. The molecule has 11 heteroatoms. The van der Waals surface area contributed by atoms with Crippen LogP contribution in [0.15, 0.2) is 52.1 Å². The Morgan fingerprint density at radius 1 is 1.19 bits per heavy atom. The number of H-pyrrole nitrogens is 1. The van der Waals surface area contributed by atoms with Crippen LogP contribution in [0.25, 0.3) is 11.5 Å². The number of furan rings is 1. The topological polar surface area (TPSA) is 127 Å².